The first kappa shape index (κ1) is 17.0. The molecule has 7 nitrogen and oxygen atoms in total. The normalized spacial score (nSPS) is 12.1. The third kappa shape index (κ3) is 2.69. The Bertz CT molecular complexity index is 1300. The molecule has 0 saturated carbocycles. The Morgan fingerprint density at radius 2 is 1.78 bits per heavy atom. The van der Waals surface area contributed by atoms with Gasteiger partial charge in [-0.2, -0.15) is 13.2 Å². The van der Waals surface area contributed by atoms with E-state index in [0.29, 0.717) is 10.9 Å². The number of aryl methyl sites for hydroxylation is 1. The predicted octanol–water partition coefficient (Wildman–Crippen LogP) is 1.81. The summed E-state index contributed by atoms with van der Waals surface area (Å²) in [6, 6.07) is 8.35. The average Bonchev–Trinajstić information content (AvgIpc) is 3.04. The van der Waals surface area contributed by atoms with Crippen LogP contribution < -0.4 is 11.1 Å². The van der Waals surface area contributed by atoms with Crippen molar-refractivity contribution in [2.24, 2.45) is 7.05 Å². The van der Waals surface area contributed by atoms with Crippen LogP contribution in [-0.4, -0.2) is 23.7 Å². The number of hydrogen-bond donors (Lipinski definition) is 0. The zero-order valence-electron chi connectivity index (χ0n) is 13.9. The smallest absolute Gasteiger partial charge is 0.307 e. The molecule has 3 aromatic heterocycles. The average molecular weight is 375 g/mol. The Morgan fingerprint density at radius 3 is 2.52 bits per heavy atom. The number of alkyl halides is 3. The second kappa shape index (κ2) is 5.79. The summed E-state index contributed by atoms with van der Waals surface area (Å²) in [5.74, 6) is 0.465. The minimum atomic E-state index is -4.57. The first-order valence-electron chi connectivity index (χ1n) is 7.87. The van der Waals surface area contributed by atoms with Crippen molar-refractivity contribution in [3.63, 3.8) is 0 Å². The topological polar surface area (TPSA) is 74.2 Å². The van der Waals surface area contributed by atoms with Gasteiger partial charge in [-0.3, -0.25) is 18.6 Å². The molecule has 0 radical (unpaired) electrons. The largest absolute Gasteiger partial charge is 0.417 e. The molecule has 27 heavy (non-hydrogen) atoms. The van der Waals surface area contributed by atoms with E-state index in [-0.39, 0.29) is 23.7 Å². The maximum atomic E-state index is 13.0. The maximum Gasteiger partial charge on any atom is 0.417 e. The summed E-state index contributed by atoms with van der Waals surface area (Å²) in [7, 11) is 1.53. The van der Waals surface area contributed by atoms with Crippen LogP contribution in [0, 0.1) is 0 Å². The molecule has 0 fully saturated rings. The second-order valence-corrected chi connectivity index (χ2v) is 6.01. The van der Waals surface area contributed by atoms with Gasteiger partial charge in [0, 0.05) is 19.3 Å². The van der Waals surface area contributed by atoms with E-state index < -0.39 is 17.3 Å². The highest BCUT2D eigenvalue weighted by atomic mass is 19.4. The highest BCUT2D eigenvalue weighted by molar-refractivity contribution is 5.80. The van der Waals surface area contributed by atoms with Crippen molar-refractivity contribution in [3.05, 3.63) is 74.7 Å². The van der Waals surface area contributed by atoms with Crippen LogP contribution >= 0.6 is 0 Å². The minimum absolute atomic E-state index is 0.230. The molecule has 0 saturated heterocycles. The predicted molar refractivity (Wildman–Crippen MR) is 90.5 cm³/mol. The number of nitrogens with zero attached hydrogens (tertiary/aromatic N) is 5. The third-order valence-corrected chi connectivity index (χ3v) is 4.32. The molecule has 0 unspecified atom stereocenters. The molecule has 0 aliphatic heterocycles. The summed E-state index contributed by atoms with van der Waals surface area (Å²) in [6.07, 6.45) is -3.83. The number of aromatic nitrogens is 5. The van der Waals surface area contributed by atoms with E-state index in [0.717, 1.165) is 22.9 Å². The summed E-state index contributed by atoms with van der Waals surface area (Å²) in [4.78, 5) is 24.4. The maximum absolute atomic E-state index is 13.0. The molecule has 0 spiro atoms. The lowest BCUT2D eigenvalue weighted by molar-refractivity contribution is -0.138. The third-order valence-electron chi connectivity index (χ3n) is 4.32. The van der Waals surface area contributed by atoms with Crippen molar-refractivity contribution in [3.8, 4) is 0 Å². The van der Waals surface area contributed by atoms with Gasteiger partial charge in [0.2, 0.25) is 5.78 Å². The van der Waals surface area contributed by atoms with Gasteiger partial charge in [-0.1, -0.05) is 12.1 Å². The van der Waals surface area contributed by atoms with Crippen molar-refractivity contribution in [1.29, 1.82) is 0 Å². The summed E-state index contributed by atoms with van der Waals surface area (Å²) in [5.41, 5.74) is -1.30. The van der Waals surface area contributed by atoms with E-state index in [1.54, 1.807) is 28.7 Å². The fourth-order valence-electron chi connectivity index (χ4n) is 2.97. The molecule has 10 heteroatoms. The number of para-hydroxylation sites is 1. The van der Waals surface area contributed by atoms with Gasteiger partial charge in [0.15, 0.2) is 5.82 Å². The number of halogens is 3. The highest BCUT2D eigenvalue weighted by Gasteiger charge is 2.31. The van der Waals surface area contributed by atoms with Gasteiger partial charge in [-0.05, 0) is 18.2 Å². The summed E-state index contributed by atoms with van der Waals surface area (Å²) in [6.45, 7) is -0.230. The van der Waals surface area contributed by atoms with Crippen LogP contribution in [0.15, 0.2) is 52.2 Å². The lowest BCUT2D eigenvalue weighted by atomic mass is 10.2. The van der Waals surface area contributed by atoms with E-state index in [1.165, 1.54) is 11.6 Å². The first-order valence-corrected chi connectivity index (χ1v) is 7.87. The molecule has 0 aliphatic carbocycles. The quantitative estimate of drug-likeness (QED) is 0.536. The molecule has 0 atom stereocenters. The van der Waals surface area contributed by atoms with E-state index in [2.05, 4.69) is 10.2 Å². The van der Waals surface area contributed by atoms with Crippen molar-refractivity contribution in [2.45, 2.75) is 12.7 Å². The number of pyridine rings is 1. The van der Waals surface area contributed by atoms with Gasteiger partial charge in [-0.15, -0.1) is 10.2 Å². The summed E-state index contributed by atoms with van der Waals surface area (Å²) >= 11 is 0. The summed E-state index contributed by atoms with van der Waals surface area (Å²) < 4.78 is 42.6. The van der Waals surface area contributed by atoms with Gasteiger partial charge in [0.1, 0.15) is 0 Å². The fraction of sp³-hybridized carbons (Fsp3) is 0.176. The molecule has 0 N–H and O–H groups in total. The molecule has 3 heterocycles. The first-order chi connectivity index (χ1) is 12.8. The van der Waals surface area contributed by atoms with Crippen LogP contribution in [0.4, 0.5) is 13.2 Å². The summed E-state index contributed by atoms with van der Waals surface area (Å²) in [5, 5.41) is 8.36. The molecule has 0 aliphatic rings. The van der Waals surface area contributed by atoms with Crippen molar-refractivity contribution in [1.82, 2.24) is 23.7 Å². The van der Waals surface area contributed by atoms with Crippen LogP contribution in [0.25, 0.3) is 16.7 Å². The van der Waals surface area contributed by atoms with E-state index >= 15 is 0 Å². The lowest BCUT2D eigenvalue weighted by Crippen LogP contribution is -2.24. The zero-order chi connectivity index (χ0) is 19.3. The number of fused-ring (bicyclic) bond motifs is 3. The number of hydrogen-bond acceptors (Lipinski definition) is 4. The second-order valence-electron chi connectivity index (χ2n) is 6.01. The molecule has 0 bridgehead atoms. The molecular formula is C17H12F3N5O2. The Balaban J connectivity index is 1.95. The van der Waals surface area contributed by atoms with Crippen LogP contribution in [-0.2, 0) is 19.8 Å². The number of rotatable bonds is 2. The van der Waals surface area contributed by atoms with Gasteiger partial charge in [-0.25, -0.2) is 0 Å². The Hall–Kier alpha value is -3.43. The van der Waals surface area contributed by atoms with Crippen LogP contribution in [0.1, 0.15) is 11.4 Å². The molecule has 4 aromatic rings. The Labute approximate surface area is 148 Å². The van der Waals surface area contributed by atoms with E-state index in [9.17, 15) is 22.8 Å². The van der Waals surface area contributed by atoms with Crippen LogP contribution in [0.5, 0.6) is 0 Å². The van der Waals surface area contributed by atoms with Gasteiger partial charge in [0.25, 0.3) is 11.1 Å². The van der Waals surface area contributed by atoms with Crippen molar-refractivity contribution < 1.29 is 13.2 Å². The zero-order valence-corrected chi connectivity index (χ0v) is 13.9. The fourth-order valence-corrected chi connectivity index (χ4v) is 2.97. The van der Waals surface area contributed by atoms with Crippen molar-refractivity contribution >= 4 is 16.7 Å². The monoisotopic (exact) mass is 375 g/mol. The molecular weight excluding hydrogens is 363 g/mol. The molecule has 138 valence electrons. The van der Waals surface area contributed by atoms with Gasteiger partial charge < -0.3 is 4.57 Å². The Kier molecular flexibility index (Phi) is 3.65. The SMILES string of the molecule is Cn1c(=O)c2ccccc2n2c(Cn3cc(C(F)(F)F)ccc3=O)nnc12. The van der Waals surface area contributed by atoms with Crippen LogP contribution in [0.3, 0.4) is 0 Å². The lowest BCUT2D eigenvalue weighted by Gasteiger charge is -2.11. The Morgan fingerprint density at radius 1 is 1.04 bits per heavy atom. The molecule has 0 amide bonds. The molecule has 4 rings (SSSR count). The van der Waals surface area contributed by atoms with Crippen molar-refractivity contribution in [2.75, 3.05) is 0 Å². The van der Waals surface area contributed by atoms with Gasteiger partial charge >= 0.3 is 6.18 Å². The molecule has 1 aromatic carbocycles. The van der Waals surface area contributed by atoms with Crippen LogP contribution in [0.2, 0.25) is 0 Å². The minimum Gasteiger partial charge on any atom is -0.307 e. The highest BCUT2D eigenvalue weighted by Crippen LogP contribution is 2.28. The van der Waals surface area contributed by atoms with E-state index in [4.69, 9.17) is 0 Å². The van der Waals surface area contributed by atoms with Gasteiger partial charge in [0.05, 0.1) is 23.0 Å². The standard InChI is InChI=1S/C17H12F3N5O2/c1-23-15(27)11-4-2-3-5-12(11)25-13(21-22-16(23)25)9-24-8-10(17(18,19)20)6-7-14(24)26/h2-8H,9H2,1H3. The number of benzene rings is 1. The van der Waals surface area contributed by atoms with E-state index in [1.807, 2.05) is 0 Å².